The number of Topliss-reactive ketones (excluding diaryl/α,β-unsaturated/α-hetero) is 1. The van der Waals surface area contributed by atoms with E-state index < -0.39 is 18.3 Å². The van der Waals surface area contributed by atoms with E-state index in [-0.39, 0.29) is 17.6 Å². The lowest BCUT2D eigenvalue weighted by molar-refractivity contribution is -0.120. The van der Waals surface area contributed by atoms with Crippen molar-refractivity contribution in [3.63, 3.8) is 0 Å². The van der Waals surface area contributed by atoms with Gasteiger partial charge in [0.15, 0.2) is 0 Å². The maximum Gasteiger partial charge on any atom is 0.514 e. The summed E-state index contributed by atoms with van der Waals surface area (Å²) < 4.78 is 10.6. The SMILES string of the molecule is CC(=O)C(N)C(C)OC(=O)Oc1c(C(C)C)cccc1C(C)C. The second-order valence-corrected chi connectivity index (χ2v) is 6.39. The molecule has 0 spiro atoms. The van der Waals surface area contributed by atoms with Crippen molar-refractivity contribution in [2.75, 3.05) is 0 Å². The number of ketones is 1. The second-order valence-electron chi connectivity index (χ2n) is 6.39. The van der Waals surface area contributed by atoms with Gasteiger partial charge in [0.05, 0.1) is 0 Å². The first-order chi connectivity index (χ1) is 10.6. The van der Waals surface area contributed by atoms with Crippen molar-refractivity contribution in [1.82, 2.24) is 0 Å². The largest absolute Gasteiger partial charge is 0.514 e. The molecule has 1 aromatic rings. The van der Waals surface area contributed by atoms with Gasteiger partial charge in [-0.1, -0.05) is 45.9 Å². The van der Waals surface area contributed by atoms with Crippen molar-refractivity contribution in [1.29, 1.82) is 0 Å². The number of hydrogen-bond donors (Lipinski definition) is 1. The number of benzene rings is 1. The molecular weight excluding hydrogens is 294 g/mol. The van der Waals surface area contributed by atoms with E-state index in [4.69, 9.17) is 15.2 Å². The molecule has 0 saturated heterocycles. The van der Waals surface area contributed by atoms with Crippen LogP contribution in [0.3, 0.4) is 0 Å². The monoisotopic (exact) mass is 321 g/mol. The average molecular weight is 321 g/mol. The molecule has 23 heavy (non-hydrogen) atoms. The van der Waals surface area contributed by atoms with Crippen molar-refractivity contribution in [2.24, 2.45) is 5.73 Å². The number of carbonyl (C=O) groups is 2. The van der Waals surface area contributed by atoms with Gasteiger partial charge in [0.25, 0.3) is 0 Å². The molecule has 128 valence electrons. The Hall–Kier alpha value is -1.88. The summed E-state index contributed by atoms with van der Waals surface area (Å²) in [7, 11) is 0. The minimum atomic E-state index is -0.854. The Labute approximate surface area is 138 Å². The van der Waals surface area contributed by atoms with Crippen LogP contribution >= 0.6 is 0 Å². The molecule has 0 aliphatic rings. The zero-order valence-corrected chi connectivity index (χ0v) is 14.8. The van der Waals surface area contributed by atoms with Crippen molar-refractivity contribution < 1.29 is 19.1 Å². The van der Waals surface area contributed by atoms with Crippen LogP contribution in [0.25, 0.3) is 0 Å². The molecule has 0 heterocycles. The quantitative estimate of drug-likeness (QED) is 0.637. The summed E-state index contributed by atoms with van der Waals surface area (Å²) in [6.45, 7) is 11.1. The summed E-state index contributed by atoms with van der Waals surface area (Å²) in [6.07, 6.45) is -1.59. The van der Waals surface area contributed by atoms with E-state index in [1.165, 1.54) is 6.92 Å². The van der Waals surface area contributed by atoms with E-state index in [0.717, 1.165) is 11.1 Å². The lowest BCUT2D eigenvalue weighted by Gasteiger charge is -2.21. The van der Waals surface area contributed by atoms with Gasteiger partial charge >= 0.3 is 6.16 Å². The third kappa shape index (κ3) is 5.06. The van der Waals surface area contributed by atoms with E-state index in [1.54, 1.807) is 6.92 Å². The number of carbonyl (C=O) groups excluding carboxylic acids is 2. The molecule has 5 heteroatoms. The third-order valence-electron chi connectivity index (χ3n) is 3.76. The van der Waals surface area contributed by atoms with Crippen LogP contribution in [0.4, 0.5) is 4.79 Å². The summed E-state index contributed by atoms with van der Waals surface area (Å²) in [5, 5.41) is 0. The molecule has 2 N–H and O–H groups in total. The van der Waals surface area contributed by atoms with Gasteiger partial charge in [0, 0.05) is 0 Å². The van der Waals surface area contributed by atoms with Crippen LogP contribution in [0, 0.1) is 0 Å². The standard InChI is InChI=1S/C18H27NO4/c1-10(2)14-8-7-9-15(11(3)4)17(14)23-18(21)22-13(6)16(19)12(5)20/h7-11,13,16H,19H2,1-6H3. The number of hydrogen-bond acceptors (Lipinski definition) is 5. The van der Waals surface area contributed by atoms with Crippen molar-refractivity contribution in [3.05, 3.63) is 29.3 Å². The predicted molar refractivity (Wildman–Crippen MR) is 89.8 cm³/mol. The van der Waals surface area contributed by atoms with Gasteiger partial charge in [0.1, 0.15) is 23.7 Å². The lowest BCUT2D eigenvalue weighted by atomic mass is 9.94. The second kappa shape index (κ2) is 8.11. The summed E-state index contributed by atoms with van der Waals surface area (Å²) in [4.78, 5) is 23.3. The van der Waals surface area contributed by atoms with Gasteiger partial charge in [-0.25, -0.2) is 4.79 Å². The third-order valence-corrected chi connectivity index (χ3v) is 3.76. The molecule has 0 aliphatic heterocycles. The maximum absolute atomic E-state index is 12.1. The first-order valence-corrected chi connectivity index (χ1v) is 7.92. The Morgan fingerprint density at radius 1 is 1.00 bits per heavy atom. The molecule has 5 nitrogen and oxygen atoms in total. The summed E-state index contributed by atoms with van der Waals surface area (Å²) in [6, 6.07) is 4.97. The van der Waals surface area contributed by atoms with Crippen LogP contribution < -0.4 is 10.5 Å². The average Bonchev–Trinajstić information content (AvgIpc) is 2.45. The summed E-state index contributed by atoms with van der Waals surface area (Å²) >= 11 is 0. The van der Waals surface area contributed by atoms with E-state index in [0.29, 0.717) is 5.75 Å². The lowest BCUT2D eigenvalue weighted by Crippen LogP contribution is -2.42. The molecule has 2 atom stereocenters. The van der Waals surface area contributed by atoms with E-state index in [2.05, 4.69) is 0 Å². The minimum absolute atomic E-state index is 0.202. The van der Waals surface area contributed by atoms with E-state index >= 15 is 0 Å². The molecule has 0 aliphatic carbocycles. The highest BCUT2D eigenvalue weighted by atomic mass is 16.7. The number of nitrogens with two attached hydrogens (primary N) is 1. The maximum atomic E-state index is 12.1. The molecule has 0 bridgehead atoms. The fourth-order valence-electron chi connectivity index (χ4n) is 2.26. The van der Waals surface area contributed by atoms with Crippen LogP contribution in [0.1, 0.15) is 64.5 Å². The predicted octanol–water partition coefficient (Wildman–Crippen LogP) is 3.75. The van der Waals surface area contributed by atoms with E-state index in [1.807, 2.05) is 45.9 Å². The highest BCUT2D eigenvalue weighted by Crippen LogP contribution is 2.34. The number of para-hydroxylation sites is 1. The molecule has 1 rings (SSSR count). The Kier molecular flexibility index (Phi) is 6.76. The molecule has 0 saturated carbocycles. The van der Waals surface area contributed by atoms with Crippen molar-refractivity contribution >= 4 is 11.9 Å². The normalized spacial score (nSPS) is 13.8. The Morgan fingerprint density at radius 2 is 1.48 bits per heavy atom. The van der Waals surface area contributed by atoms with Gasteiger partial charge in [-0.2, -0.15) is 0 Å². The van der Waals surface area contributed by atoms with Crippen molar-refractivity contribution in [2.45, 2.75) is 65.5 Å². The zero-order chi connectivity index (χ0) is 17.7. The van der Waals surface area contributed by atoms with Gasteiger partial charge in [-0.05, 0) is 36.8 Å². The first-order valence-electron chi connectivity index (χ1n) is 7.92. The molecule has 1 aromatic carbocycles. The Morgan fingerprint density at radius 3 is 1.87 bits per heavy atom. The van der Waals surface area contributed by atoms with Crippen molar-refractivity contribution in [3.8, 4) is 5.75 Å². The number of rotatable bonds is 6. The molecule has 0 amide bonds. The smallest absolute Gasteiger partial charge is 0.429 e. The van der Waals surface area contributed by atoms with Crippen LogP contribution in [-0.4, -0.2) is 24.1 Å². The highest BCUT2D eigenvalue weighted by Gasteiger charge is 2.24. The molecule has 0 aromatic heterocycles. The van der Waals surface area contributed by atoms with Gasteiger partial charge in [-0.3, -0.25) is 4.79 Å². The fourth-order valence-corrected chi connectivity index (χ4v) is 2.26. The topological polar surface area (TPSA) is 78.6 Å². The molecule has 2 unspecified atom stereocenters. The van der Waals surface area contributed by atoms with Gasteiger partial charge in [0.2, 0.25) is 0 Å². The summed E-state index contributed by atoms with van der Waals surface area (Å²) in [5.74, 6) is 0.698. The zero-order valence-electron chi connectivity index (χ0n) is 14.8. The Bertz CT molecular complexity index is 540. The van der Waals surface area contributed by atoms with Crippen LogP contribution in [-0.2, 0) is 9.53 Å². The van der Waals surface area contributed by atoms with Gasteiger partial charge in [-0.15, -0.1) is 0 Å². The minimum Gasteiger partial charge on any atom is -0.429 e. The highest BCUT2D eigenvalue weighted by molar-refractivity contribution is 5.82. The first kappa shape index (κ1) is 19.2. The fraction of sp³-hybridized carbons (Fsp3) is 0.556. The number of ether oxygens (including phenoxy) is 2. The van der Waals surface area contributed by atoms with Gasteiger partial charge < -0.3 is 15.2 Å². The van der Waals surface area contributed by atoms with Crippen LogP contribution in [0.2, 0.25) is 0 Å². The van der Waals surface area contributed by atoms with E-state index in [9.17, 15) is 9.59 Å². The van der Waals surface area contributed by atoms with Crippen LogP contribution in [0.15, 0.2) is 18.2 Å². The summed E-state index contributed by atoms with van der Waals surface area (Å²) in [5.41, 5.74) is 7.56. The molecule has 0 fully saturated rings. The van der Waals surface area contributed by atoms with Crippen LogP contribution in [0.5, 0.6) is 5.75 Å². The molecular formula is C18H27NO4. The Balaban J connectivity index is 2.99. The molecule has 0 radical (unpaired) electrons.